The highest BCUT2D eigenvalue weighted by Gasteiger charge is 2.49. The first-order valence-electron chi connectivity index (χ1n) is 16.1. The lowest BCUT2D eigenvalue weighted by Gasteiger charge is -2.43. The number of carbonyl (C=O) groups excluding carboxylic acids is 1. The van der Waals surface area contributed by atoms with Gasteiger partial charge in [0.25, 0.3) is 0 Å². The molecule has 11 heteroatoms. The number of halogens is 6. The molecule has 2 atom stereocenters. The van der Waals surface area contributed by atoms with Crippen molar-refractivity contribution in [3.8, 4) is 11.1 Å². The Kier molecular flexibility index (Phi) is 12.2. The van der Waals surface area contributed by atoms with E-state index in [1.807, 2.05) is 48.5 Å². The van der Waals surface area contributed by atoms with Crippen LogP contribution in [-0.4, -0.2) is 24.5 Å². The molecule has 0 saturated carbocycles. The maximum Gasteiger partial charge on any atom is 0.417 e. The molecule has 2 unspecified atom stereocenters. The first-order valence-corrected chi connectivity index (χ1v) is 17.1. The van der Waals surface area contributed by atoms with Gasteiger partial charge in [-0.3, -0.25) is 4.79 Å². The average molecular weight is 701 g/mol. The number of fused-ring (bicyclic) bond motifs is 1. The predicted octanol–water partition coefficient (Wildman–Crippen LogP) is 11.5. The summed E-state index contributed by atoms with van der Waals surface area (Å²) in [5, 5.41) is 0.315. The molecule has 0 aliphatic heterocycles. The Labute approximate surface area is 283 Å². The number of alkyl halides is 6. The fraction of sp³-hybridized carbons (Fsp3) is 0.568. The highest BCUT2D eigenvalue weighted by molar-refractivity contribution is 7.99. The average Bonchev–Trinajstić information content (AvgIpc) is 2.94. The molecule has 3 rings (SSSR count). The number of benzene rings is 2. The molecule has 2 aromatic carbocycles. The topological polar surface area (TPSA) is 56.5 Å². The van der Waals surface area contributed by atoms with Crippen molar-refractivity contribution in [2.75, 3.05) is 12.4 Å². The van der Waals surface area contributed by atoms with Gasteiger partial charge in [0.1, 0.15) is 12.2 Å². The second kappa shape index (κ2) is 14.9. The Hall–Kier alpha value is -2.95. The van der Waals surface area contributed by atoms with Crippen LogP contribution in [0.15, 0.2) is 56.6 Å². The highest BCUT2D eigenvalue weighted by Crippen LogP contribution is 2.48. The van der Waals surface area contributed by atoms with Crippen molar-refractivity contribution in [3.63, 3.8) is 0 Å². The summed E-state index contributed by atoms with van der Waals surface area (Å²) in [6.45, 7) is 14.3. The Balaban J connectivity index is 1.83. The first-order chi connectivity index (χ1) is 22.0. The van der Waals surface area contributed by atoms with E-state index in [2.05, 4.69) is 0 Å². The molecular weight excluding hydrogens is 654 g/mol. The molecule has 0 spiro atoms. The summed E-state index contributed by atoms with van der Waals surface area (Å²) in [7, 11) is 0. The van der Waals surface area contributed by atoms with Crippen LogP contribution in [-0.2, 0) is 22.1 Å². The minimum absolute atomic E-state index is 0.0246. The zero-order valence-electron chi connectivity index (χ0n) is 28.9. The van der Waals surface area contributed by atoms with Crippen molar-refractivity contribution in [1.82, 2.24) is 0 Å². The van der Waals surface area contributed by atoms with Gasteiger partial charge >= 0.3 is 23.9 Å². The van der Waals surface area contributed by atoms with Crippen molar-refractivity contribution in [2.45, 2.75) is 105 Å². The molecule has 0 fully saturated rings. The molecule has 3 aromatic rings. The van der Waals surface area contributed by atoms with Gasteiger partial charge in [0.05, 0.1) is 22.5 Å². The summed E-state index contributed by atoms with van der Waals surface area (Å²) >= 11 is 0.845. The van der Waals surface area contributed by atoms with Crippen molar-refractivity contribution >= 4 is 28.7 Å². The summed E-state index contributed by atoms with van der Waals surface area (Å²) in [5.74, 6) is -3.14. The smallest absolute Gasteiger partial charge is 0.417 e. The van der Waals surface area contributed by atoms with Crippen LogP contribution in [0.3, 0.4) is 0 Å². The fourth-order valence-electron chi connectivity index (χ4n) is 5.64. The van der Waals surface area contributed by atoms with Gasteiger partial charge in [0.15, 0.2) is 0 Å². The lowest BCUT2D eigenvalue weighted by molar-refractivity contribution is -0.192. The Morgan fingerprint density at radius 2 is 1.54 bits per heavy atom. The van der Waals surface area contributed by atoms with Crippen LogP contribution in [0.4, 0.5) is 26.3 Å². The van der Waals surface area contributed by atoms with Crippen LogP contribution < -0.4 is 5.63 Å². The number of unbranched alkanes of at least 4 members (excludes halogenated alkanes) is 2. The maximum atomic E-state index is 14.1. The van der Waals surface area contributed by atoms with E-state index in [-0.39, 0.29) is 22.1 Å². The number of thioether (sulfide) groups is 1. The molecule has 0 N–H and O–H groups in total. The van der Waals surface area contributed by atoms with Crippen LogP contribution in [0.2, 0.25) is 0 Å². The number of ether oxygens (including phenoxy) is 1. The van der Waals surface area contributed by atoms with E-state index in [1.54, 1.807) is 13.0 Å². The van der Waals surface area contributed by atoms with E-state index < -0.39 is 58.6 Å². The van der Waals surface area contributed by atoms with E-state index in [1.165, 1.54) is 30.3 Å². The van der Waals surface area contributed by atoms with Crippen molar-refractivity contribution in [2.24, 2.45) is 22.2 Å². The van der Waals surface area contributed by atoms with Crippen LogP contribution in [0.5, 0.6) is 0 Å². The van der Waals surface area contributed by atoms with Gasteiger partial charge in [0.2, 0.25) is 0 Å². The van der Waals surface area contributed by atoms with E-state index >= 15 is 0 Å². The molecule has 0 radical (unpaired) electrons. The summed E-state index contributed by atoms with van der Waals surface area (Å²) in [5.41, 5.74) is -3.82. The minimum atomic E-state index is -4.71. The predicted molar refractivity (Wildman–Crippen MR) is 179 cm³/mol. The summed E-state index contributed by atoms with van der Waals surface area (Å²) < 4.78 is 95.1. The van der Waals surface area contributed by atoms with Crippen molar-refractivity contribution < 1.29 is 40.3 Å². The van der Waals surface area contributed by atoms with Crippen LogP contribution in [0.1, 0.15) is 92.2 Å². The molecule has 1 heterocycles. The number of hydrogen-bond acceptors (Lipinski definition) is 5. The third-order valence-corrected chi connectivity index (χ3v) is 9.93. The van der Waals surface area contributed by atoms with Gasteiger partial charge in [-0.25, -0.2) is 4.79 Å². The molecule has 0 aliphatic rings. The standard InChI is InChI=1S/C37H46F6O4S/c1-9-10-11-12-23-13-16-27(29(17-23)37(41,42)43)28-18-24-14-15-26(19-30(24)47-31(28)44)48-21-25(36(38,39)40)20-46-32(45)35(8,34(5,6)7)22-33(2,3)4/h13-19,25H,9-12,20-22H2,1-8H3. The summed E-state index contributed by atoms with van der Waals surface area (Å²) in [6, 6.07) is 9.61. The fourth-order valence-corrected chi connectivity index (χ4v) is 6.67. The lowest BCUT2D eigenvalue weighted by atomic mass is 9.61. The molecule has 266 valence electrons. The van der Waals surface area contributed by atoms with Crippen molar-refractivity contribution in [1.29, 1.82) is 0 Å². The number of carbonyl (C=O) groups is 1. The Morgan fingerprint density at radius 3 is 2.10 bits per heavy atom. The Morgan fingerprint density at radius 1 is 0.875 bits per heavy atom. The van der Waals surface area contributed by atoms with E-state index in [9.17, 15) is 35.9 Å². The number of aryl methyl sites for hydroxylation is 1. The molecule has 48 heavy (non-hydrogen) atoms. The molecule has 1 aromatic heterocycles. The summed E-state index contributed by atoms with van der Waals surface area (Å²) in [6.07, 6.45) is -5.91. The summed E-state index contributed by atoms with van der Waals surface area (Å²) in [4.78, 5) is 26.6. The normalized spacial score (nSPS) is 15.0. The monoisotopic (exact) mass is 700 g/mol. The number of rotatable bonds is 12. The highest BCUT2D eigenvalue weighted by atomic mass is 32.2. The Bertz CT molecular complexity index is 1630. The largest absolute Gasteiger partial charge is 0.465 e. The molecule has 0 amide bonds. The van der Waals surface area contributed by atoms with Gasteiger partial charge in [-0.2, -0.15) is 26.3 Å². The van der Waals surface area contributed by atoms with Gasteiger partial charge in [-0.05, 0) is 66.8 Å². The van der Waals surface area contributed by atoms with E-state index in [0.717, 1.165) is 37.1 Å². The molecule has 0 saturated heterocycles. The first kappa shape index (κ1) is 39.5. The van der Waals surface area contributed by atoms with Crippen molar-refractivity contribution in [3.05, 3.63) is 64.0 Å². The quantitative estimate of drug-likeness (QED) is 0.0619. The zero-order chi connectivity index (χ0) is 36.3. The van der Waals surface area contributed by atoms with Gasteiger partial charge in [0, 0.05) is 21.6 Å². The number of esters is 1. The maximum absolute atomic E-state index is 14.1. The van der Waals surface area contributed by atoms with Gasteiger partial charge < -0.3 is 9.15 Å². The molecule has 0 bridgehead atoms. The van der Waals surface area contributed by atoms with Crippen LogP contribution >= 0.6 is 11.8 Å². The molecular formula is C37H46F6O4S. The lowest BCUT2D eigenvalue weighted by Crippen LogP contribution is -2.45. The second-order valence-electron chi connectivity index (χ2n) is 14.9. The van der Waals surface area contributed by atoms with E-state index in [4.69, 9.17) is 9.15 Å². The van der Waals surface area contributed by atoms with Gasteiger partial charge in [-0.15, -0.1) is 11.8 Å². The number of hydrogen-bond donors (Lipinski definition) is 0. The molecule has 0 aliphatic carbocycles. The molecule has 4 nitrogen and oxygen atoms in total. The third-order valence-electron chi connectivity index (χ3n) is 8.78. The second-order valence-corrected chi connectivity index (χ2v) is 16.0. The SMILES string of the molecule is CCCCCc1ccc(-c2cc3ccc(SCC(COC(=O)C(C)(CC(C)(C)C)C(C)(C)C)C(F)(F)F)cc3oc2=O)c(C(F)(F)F)c1. The van der Waals surface area contributed by atoms with E-state index in [0.29, 0.717) is 28.7 Å². The minimum Gasteiger partial charge on any atom is -0.465 e. The van der Waals surface area contributed by atoms with Crippen LogP contribution in [0.25, 0.3) is 22.1 Å². The van der Waals surface area contributed by atoms with Gasteiger partial charge in [-0.1, -0.05) is 79.5 Å². The third kappa shape index (κ3) is 10.0. The zero-order valence-corrected chi connectivity index (χ0v) is 29.7. The van der Waals surface area contributed by atoms with Crippen LogP contribution in [0, 0.1) is 22.2 Å².